The summed E-state index contributed by atoms with van der Waals surface area (Å²) in [5, 5.41) is 2.51. The maximum absolute atomic E-state index is 3.58. The lowest BCUT2D eigenvalue weighted by molar-refractivity contribution is 0.423. The van der Waals surface area contributed by atoms with E-state index in [2.05, 4.69) is 40.0 Å². The summed E-state index contributed by atoms with van der Waals surface area (Å²) in [5.41, 5.74) is 1.22. The first-order chi connectivity index (χ1) is 8.42. The maximum atomic E-state index is 3.58. The molecule has 0 unspecified atom stereocenters. The number of benzene rings is 1. The Kier molecular flexibility index (Phi) is 3.39. The zero-order valence-electron chi connectivity index (χ0n) is 9.91. The molecule has 1 aromatic heterocycles. The molecule has 0 aliphatic heterocycles. The van der Waals surface area contributed by atoms with E-state index in [9.17, 15) is 0 Å². The largest absolute Gasteiger partial charge is 0.349 e. The molecule has 1 heterocycles. The van der Waals surface area contributed by atoms with Crippen LogP contribution < -0.4 is 4.72 Å². The number of para-hydroxylation sites is 1. The van der Waals surface area contributed by atoms with Gasteiger partial charge in [0.2, 0.25) is 0 Å². The predicted octanol–water partition coefficient (Wildman–Crippen LogP) is 4.10. The molecule has 0 radical (unpaired) electrons. The average molecular weight is 246 g/mol. The summed E-state index contributed by atoms with van der Waals surface area (Å²) in [6.07, 6.45) is 6.82. The Labute approximate surface area is 106 Å². The lowest BCUT2D eigenvalue weighted by atomic mass is 9.96. The fraction of sp³-hybridized carbons (Fsp3) is 0.429. The third-order valence-electron chi connectivity index (χ3n) is 3.45. The molecule has 17 heavy (non-hydrogen) atoms. The molecular weight excluding hydrogens is 228 g/mol. The monoisotopic (exact) mass is 246 g/mol. The highest BCUT2D eigenvalue weighted by Crippen LogP contribution is 2.24. The minimum atomic E-state index is 0.695. The normalized spacial score (nSPS) is 17.6. The summed E-state index contributed by atoms with van der Waals surface area (Å²) in [4.78, 5) is 3.44. The standard InChI is InChI=1S/C14H18N2S/c1-2-7-12(8-3-1)16-17-14-10-11-6-4-5-9-13(11)15-14/h4-6,9-10,12,15-16H,1-3,7-8H2. The number of aromatic nitrogens is 1. The molecule has 0 atom stereocenters. The van der Waals surface area contributed by atoms with Gasteiger partial charge in [0.25, 0.3) is 0 Å². The number of fused-ring (bicyclic) bond motifs is 1. The van der Waals surface area contributed by atoms with Crippen molar-refractivity contribution in [3.8, 4) is 0 Å². The van der Waals surface area contributed by atoms with E-state index in [1.54, 1.807) is 11.9 Å². The second-order valence-corrected chi connectivity index (χ2v) is 5.66. The van der Waals surface area contributed by atoms with Gasteiger partial charge in [-0.05, 0) is 36.9 Å². The molecule has 3 heteroatoms. The highest BCUT2D eigenvalue weighted by atomic mass is 32.2. The van der Waals surface area contributed by atoms with Gasteiger partial charge < -0.3 is 4.98 Å². The van der Waals surface area contributed by atoms with Crippen LogP contribution in [0.4, 0.5) is 0 Å². The Bertz CT molecular complexity index is 453. The van der Waals surface area contributed by atoms with Crippen molar-refractivity contribution in [3.63, 3.8) is 0 Å². The van der Waals surface area contributed by atoms with Crippen LogP contribution in [0.15, 0.2) is 35.4 Å². The summed E-state index contributed by atoms with van der Waals surface area (Å²) >= 11 is 1.75. The van der Waals surface area contributed by atoms with E-state index < -0.39 is 0 Å². The Hall–Kier alpha value is -0.930. The second kappa shape index (κ2) is 5.15. The van der Waals surface area contributed by atoms with Gasteiger partial charge in [-0.15, -0.1) is 0 Å². The molecule has 90 valence electrons. The van der Waals surface area contributed by atoms with Gasteiger partial charge in [-0.2, -0.15) is 0 Å². The zero-order chi connectivity index (χ0) is 11.5. The number of nitrogens with one attached hydrogen (secondary N) is 2. The quantitative estimate of drug-likeness (QED) is 0.798. The van der Waals surface area contributed by atoms with Crippen molar-refractivity contribution in [2.75, 3.05) is 0 Å². The summed E-state index contributed by atoms with van der Waals surface area (Å²) in [5.74, 6) is 0. The number of H-pyrrole nitrogens is 1. The fourth-order valence-corrected chi connectivity index (χ4v) is 3.35. The first-order valence-corrected chi connectivity index (χ1v) is 7.23. The van der Waals surface area contributed by atoms with Crippen molar-refractivity contribution in [3.05, 3.63) is 30.3 Å². The number of hydrogen-bond donors (Lipinski definition) is 2. The van der Waals surface area contributed by atoms with E-state index in [1.165, 1.54) is 48.0 Å². The average Bonchev–Trinajstić information content (AvgIpc) is 2.80. The third-order valence-corrected chi connectivity index (χ3v) is 4.34. The minimum absolute atomic E-state index is 0.695. The lowest BCUT2D eigenvalue weighted by Crippen LogP contribution is -2.25. The van der Waals surface area contributed by atoms with Gasteiger partial charge in [-0.1, -0.05) is 37.5 Å². The van der Waals surface area contributed by atoms with E-state index >= 15 is 0 Å². The molecule has 1 saturated carbocycles. The molecule has 1 fully saturated rings. The Morgan fingerprint density at radius 2 is 1.94 bits per heavy atom. The number of aromatic amines is 1. The topological polar surface area (TPSA) is 27.8 Å². The zero-order valence-corrected chi connectivity index (χ0v) is 10.7. The molecule has 2 nitrogen and oxygen atoms in total. The van der Waals surface area contributed by atoms with Gasteiger partial charge in [-0.3, -0.25) is 4.72 Å². The van der Waals surface area contributed by atoms with Crippen molar-refractivity contribution in [1.82, 2.24) is 9.71 Å². The van der Waals surface area contributed by atoms with Crippen LogP contribution in [0, 0.1) is 0 Å². The van der Waals surface area contributed by atoms with Gasteiger partial charge in [0.05, 0.1) is 5.03 Å². The van der Waals surface area contributed by atoms with Crippen LogP contribution in [-0.4, -0.2) is 11.0 Å². The summed E-state index contributed by atoms with van der Waals surface area (Å²) < 4.78 is 3.58. The third kappa shape index (κ3) is 2.67. The molecule has 0 saturated heterocycles. The molecular formula is C14H18N2S. The Morgan fingerprint density at radius 1 is 1.12 bits per heavy atom. The van der Waals surface area contributed by atoms with E-state index in [-0.39, 0.29) is 0 Å². The predicted molar refractivity (Wildman–Crippen MR) is 74.2 cm³/mol. The van der Waals surface area contributed by atoms with E-state index in [0.717, 1.165) is 0 Å². The lowest BCUT2D eigenvalue weighted by Gasteiger charge is -2.21. The summed E-state index contributed by atoms with van der Waals surface area (Å²) in [6, 6.07) is 11.3. The van der Waals surface area contributed by atoms with Crippen molar-refractivity contribution < 1.29 is 0 Å². The van der Waals surface area contributed by atoms with Crippen LogP contribution in [0.2, 0.25) is 0 Å². The maximum Gasteiger partial charge on any atom is 0.0885 e. The van der Waals surface area contributed by atoms with Crippen LogP contribution in [0.1, 0.15) is 32.1 Å². The van der Waals surface area contributed by atoms with Crippen molar-refractivity contribution in [1.29, 1.82) is 0 Å². The SMILES string of the molecule is c1ccc2[nH]c(SNC3CCCCC3)cc2c1. The van der Waals surface area contributed by atoms with Crippen LogP contribution in [0.25, 0.3) is 10.9 Å². The molecule has 1 aliphatic carbocycles. The highest BCUT2D eigenvalue weighted by Gasteiger charge is 2.13. The van der Waals surface area contributed by atoms with Crippen LogP contribution in [0.3, 0.4) is 0 Å². The highest BCUT2D eigenvalue weighted by molar-refractivity contribution is 7.97. The molecule has 1 aromatic carbocycles. The summed E-state index contributed by atoms with van der Waals surface area (Å²) in [7, 11) is 0. The van der Waals surface area contributed by atoms with Gasteiger partial charge in [0, 0.05) is 16.9 Å². The number of hydrogen-bond acceptors (Lipinski definition) is 2. The van der Waals surface area contributed by atoms with Crippen LogP contribution >= 0.6 is 11.9 Å². The minimum Gasteiger partial charge on any atom is -0.349 e. The first kappa shape index (κ1) is 11.2. The molecule has 0 bridgehead atoms. The van der Waals surface area contributed by atoms with E-state index in [1.807, 2.05) is 0 Å². The van der Waals surface area contributed by atoms with Gasteiger partial charge in [0.1, 0.15) is 0 Å². The molecule has 0 amide bonds. The van der Waals surface area contributed by atoms with Crippen molar-refractivity contribution in [2.45, 2.75) is 43.2 Å². The van der Waals surface area contributed by atoms with Crippen molar-refractivity contribution >= 4 is 22.9 Å². The molecule has 2 aromatic rings. The molecule has 3 rings (SSSR count). The molecule has 0 spiro atoms. The van der Waals surface area contributed by atoms with E-state index in [4.69, 9.17) is 0 Å². The van der Waals surface area contributed by atoms with E-state index in [0.29, 0.717) is 6.04 Å². The fourth-order valence-electron chi connectivity index (χ4n) is 2.47. The van der Waals surface area contributed by atoms with Crippen molar-refractivity contribution in [2.24, 2.45) is 0 Å². The molecule has 2 N–H and O–H groups in total. The van der Waals surface area contributed by atoms with Crippen LogP contribution in [-0.2, 0) is 0 Å². The Morgan fingerprint density at radius 3 is 2.76 bits per heavy atom. The van der Waals surface area contributed by atoms with Gasteiger partial charge >= 0.3 is 0 Å². The van der Waals surface area contributed by atoms with Gasteiger partial charge in [0.15, 0.2) is 0 Å². The van der Waals surface area contributed by atoms with Crippen LogP contribution in [0.5, 0.6) is 0 Å². The second-order valence-electron chi connectivity index (χ2n) is 4.78. The molecule has 1 aliphatic rings. The summed E-state index contributed by atoms with van der Waals surface area (Å²) in [6.45, 7) is 0. The van der Waals surface area contributed by atoms with Gasteiger partial charge in [-0.25, -0.2) is 0 Å². The smallest absolute Gasteiger partial charge is 0.0885 e. The Balaban J connectivity index is 1.64. The first-order valence-electron chi connectivity index (χ1n) is 6.42. The number of rotatable bonds is 3.